The number of pyridine rings is 1. The third-order valence-electron chi connectivity index (χ3n) is 8.54. The van der Waals surface area contributed by atoms with Gasteiger partial charge in [-0.3, -0.25) is 4.90 Å². The number of hydrogen-bond acceptors (Lipinski definition) is 8. The average molecular weight is 561 g/mol. The Morgan fingerprint density at radius 2 is 1.74 bits per heavy atom. The van der Waals surface area contributed by atoms with Gasteiger partial charge in [-0.15, -0.1) is 0 Å². The fourth-order valence-corrected chi connectivity index (χ4v) is 6.33. The van der Waals surface area contributed by atoms with Gasteiger partial charge in [0.15, 0.2) is 0 Å². The topological polar surface area (TPSA) is 102 Å². The molecule has 7 rings (SSSR count). The summed E-state index contributed by atoms with van der Waals surface area (Å²) in [6, 6.07) is 19.9. The van der Waals surface area contributed by atoms with E-state index in [4.69, 9.17) is 9.72 Å². The van der Waals surface area contributed by atoms with Gasteiger partial charge in [-0.05, 0) is 60.7 Å². The Morgan fingerprint density at radius 3 is 2.57 bits per heavy atom. The van der Waals surface area contributed by atoms with Crippen LogP contribution in [0.3, 0.4) is 0 Å². The highest BCUT2D eigenvalue weighted by molar-refractivity contribution is 6.01. The Kier molecular flexibility index (Phi) is 7.01. The Balaban J connectivity index is 1.06. The van der Waals surface area contributed by atoms with Crippen molar-refractivity contribution in [3.8, 4) is 6.07 Å². The molecule has 42 heavy (non-hydrogen) atoms. The molecule has 2 saturated heterocycles. The predicted molar refractivity (Wildman–Crippen MR) is 161 cm³/mol. The first-order chi connectivity index (χ1) is 20.7. The molecule has 3 aliphatic heterocycles. The number of urea groups is 1. The van der Waals surface area contributed by atoms with Gasteiger partial charge in [0.2, 0.25) is 0 Å². The van der Waals surface area contributed by atoms with Crippen LogP contribution in [-0.4, -0.2) is 71.8 Å². The van der Waals surface area contributed by atoms with Crippen LogP contribution in [0.1, 0.15) is 24.1 Å². The molecule has 3 aliphatic rings. The van der Waals surface area contributed by atoms with Crippen LogP contribution < -0.4 is 14.7 Å². The maximum absolute atomic E-state index is 13.8. The highest BCUT2D eigenvalue weighted by Gasteiger charge is 2.34. The van der Waals surface area contributed by atoms with Gasteiger partial charge in [0, 0.05) is 56.5 Å². The van der Waals surface area contributed by atoms with E-state index < -0.39 is 0 Å². The van der Waals surface area contributed by atoms with E-state index >= 15 is 0 Å². The number of carbonyl (C=O) groups excluding carboxylic acids is 1. The van der Waals surface area contributed by atoms with Crippen LogP contribution in [0, 0.1) is 17.2 Å². The molecule has 2 fully saturated rings. The zero-order valence-electron chi connectivity index (χ0n) is 23.4. The summed E-state index contributed by atoms with van der Waals surface area (Å²) in [4.78, 5) is 35.6. The zero-order valence-corrected chi connectivity index (χ0v) is 23.4. The second-order valence-corrected chi connectivity index (χ2v) is 11.1. The van der Waals surface area contributed by atoms with Gasteiger partial charge < -0.3 is 19.4 Å². The summed E-state index contributed by atoms with van der Waals surface area (Å²) in [6.07, 6.45) is 5.19. The SMILES string of the molecule is N#Cc1cc(N2C(=O)N(CC3CCN(c4ncnc5cc(N6CCOCC6)ccc45)CC3)Cc3ccccc32)ccn1. The number of carbonyl (C=O) groups is 1. The Morgan fingerprint density at radius 1 is 0.905 bits per heavy atom. The summed E-state index contributed by atoms with van der Waals surface area (Å²) in [6.45, 7) is 6.29. The van der Waals surface area contributed by atoms with Crippen LogP contribution in [0.2, 0.25) is 0 Å². The molecule has 2 amide bonds. The van der Waals surface area contributed by atoms with Crippen LogP contribution in [0.4, 0.5) is 27.7 Å². The van der Waals surface area contributed by atoms with Crippen molar-refractivity contribution in [3.05, 3.63) is 78.4 Å². The third-order valence-corrected chi connectivity index (χ3v) is 8.54. The van der Waals surface area contributed by atoms with Gasteiger partial charge >= 0.3 is 6.03 Å². The minimum Gasteiger partial charge on any atom is -0.378 e. The van der Waals surface area contributed by atoms with Crippen LogP contribution in [0.25, 0.3) is 10.9 Å². The number of benzene rings is 2. The number of nitriles is 1. The molecule has 0 aliphatic carbocycles. The van der Waals surface area contributed by atoms with Gasteiger partial charge in [-0.25, -0.2) is 19.7 Å². The van der Waals surface area contributed by atoms with Crippen molar-refractivity contribution in [1.82, 2.24) is 19.9 Å². The summed E-state index contributed by atoms with van der Waals surface area (Å²) >= 11 is 0. The van der Waals surface area contributed by atoms with E-state index in [0.717, 1.165) is 80.2 Å². The molecular weight excluding hydrogens is 528 g/mol. The van der Waals surface area contributed by atoms with Crippen molar-refractivity contribution in [2.45, 2.75) is 19.4 Å². The van der Waals surface area contributed by atoms with E-state index in [0.29, 0.717) is 24.7 Å². The Labute approximate surface area is 244 Å². The van der Waals surface area contributed by atoms with Crippen molar-refractivity contribution in [2.24, 2.45) is 5.92 Å². The standard InChI is InChI=1S/C32H32N8O2/c33-19-25-17-27(7-10-34-25)40-30-4-2-1-3-24(30)21-39(32(40)41)20-23-8-11-38(12-9-23)31-28-6-5-26(18-29(28)35-22-36-31)37-13-15-42-16-14-37/h1-7,10,17-18,22-23H,8-9,11-16,20-21H2. The minimum absolute atomic E-state index is 0.0657. The van der Waals surface area contributed by atoms with Gasteiger partial charge in [-0.1, -0.05) is 18.2 Å². The number of para-hydroxylation sites is 1. The summed E-state index contributed by atoms with van der Waals surface area (Å²) < 4.78 is 5.51. The van der Waals surface area contributed by atoms with Gasteiger partial charge in [0.25, 0.3) is 0 Å². The van der Waals surface area contributed by atoms with Crippen LogP contribution in [0.5, 0.6) is 0 Å². The molecule has 0 radical (unpaired) electrons. The lowest BCUT2D eigenvalue weighted by Gasteiger charge is -2.40. The number of anilines is 4. The lowest BCUT2D eigenvalue weighted by Crippen LogP contribution is -2.48. The summed E-state index contributed by atoms with van der Waals surface area (Å²) in [5.74, 6) is 1.36. The molecule has 10 nitrogen and oxygen atoms in total. The molecule has 2 aromatic heterocycles. The molecular formula is C32H32N8O2. The monoisotopic (exact) mass is 560 g/mol. The van der Waals surface area contributed by atoms with Crippen LogP contribution in [0.15, 0.2) is 67.1 Å². The number of fused-ring (bicyclic) bond motifs is 2. The Bertz CT molecular complexity index is 1660. The predicted octanol–water partition coefficient (Wildman–Crippen LogP) is 4.72. The van der Waals surface area contributed by atoms with E-state index in [1.54, 1.807) is 29.6 Å². The second-order valence-electron chi connectivity index (χ2n) is 11.1. The quantitative estimate of drug-likeness (QED) is 0.346. The van der Waals surface area contributed by atoms with Gasteiger partial charge in [0.05, 0.1) is 30.1 Å². The summed E-state index contributed by atoms with van der Waals surface area (Å²) in [5, 5.41) is 10.4. The third kappa shape index (κ3) is 4.97. The molecule has 0 unspecified atom stereocenters. The molecule has 0 spiro atoms. The van der Waals surface area contributed by atoms with Gasteiger partial charge in [0.1, 0.15) is 23.9 Å². The average Bonchev–Trinajstić information content (AvgIpc) is 3.05. The minimum atomic E-state index is -0.0657. The maximum atomic E-state index is 13.8. The van der Waals surface area contributed by atoms with Crippen LogP contribution >= 0.6 is 0 Å². The van der Waals surface area contributed by atoms with E-state index in [2.05, 4.69) is 50.1 Å². The number of rotatable bonds is 5. The number of morpholine rings is 1. The van der Waals surface area contributed by atoms with Crippen LogP contribution in [-0.2, 0) is 11.3 Å². The smallest absolute Gasteiger partial charge is 0.329 e. The Hall–Kier alpha value is -4.75. The van der Waals surface area contributed by atoms with Gasteiger partial charge in [-0.2, -0.15) is 5.26 Å². The molecule has 4 aromatic rings. The first kappa shape index (κ1) is 26.2. The number of ether oxygens (including phenoxy) is 1. The number of piperidine rings is 1. The molecule has 0 saturated carbocycles. The lowest BCUT2D eigenvalue weighted by molar-refractivity contribution is 0.122. The van der Waals surface area contributed by atoms with Crippen molar-refractivity contribution < 1.29 is 9.53 Å². The summed E-state index contributed by atoms with van der Waals surface area (Å²) in [7, 11) is 0. The van der Waals surface area contributed by atoms with Crippen molar-refractivity contribution in [2.75, 3.05) is 60.6 Å². The number of hydrogen-bond donors (Lipinski definition) is 0. The number of nitrogens with zero attached hydrogens (tertiary/aromatic N) is 8. The highest BCUT2D eigenvalue weighted by atomic mass is 16.5. The van der Waals surface area contributed by atoms with E-state index in [9.17, 15) is 10.1 Å². The van der Waals surface area contributed by atoms with Crippen molar-refractivity contribution in [3.63, 3.8) is 0 Å². The normalized spacial score (nSPS) is 17.8. The van der Waals surface area contributed by atoms with E-state index in [-0.39, 0.29) is 11.7 Å². The van der Waals surface area contributed by atoms with Crippen molar-refractivity contribution in [1.29, 1.82) is 5.26 Å². The lowest BCUT2D eigenvalue weighted by atomic mass is 9.95. The maximum Gasteiger partial charge on any atom is 0.329 e. The zero-order chi connectivity index (χ0) is 28.5. The molecule has 212 valence electrons. The first-order valence-corrected chi connectivity index (χ1v) is 14.5. The molecule has 0 atom stereocenters. The molecule has 5 heterocycles. The first-order valence-electron chi connectivity index (χ1n) is 14.5. The van der Waals surface area contributed by atoms with E-state index in [1.165, 1.54) is 5.69 Å². The van der Waals surface area contributed by atoms with E-state index in [1.807, 2.05) is 23.1 Å². The fourth-order valence-electron chi connectivity index (χ4n) is 6.33. The number of aromatic nitrogens is 3. The molecule has 2 aromatic carbocycles. The van der Waals surface area contributed by atoms with Crippen molar-refractivity contribution >= 4 is 39.8 Å². The molecule has 0 bridgehead atoms. The second kappa shape index (κ2) is 11.3. The fraction of sp³-hybridized carbons (Fsp3) is 0.344. The highest BCUT2D eigenvalue weighted by Crippen LogP contribution is 2.36. The molecule has 10 heteroatoms. The largest absolute Gasteiger partial charge is 0.378 e. The summed E-state index contributed by atoms with van der Waals surface area (Å²) in [5.41, 5.74) is 5.03. The number of amides is 2. The molecule has 0 N–H and O–H groups in total.